The topological polar surface area (TPSA) is 12.5 Å². The summed E-state index contributed by atoms with van der Waals surface area (Å²) in [6.07, 6.45) is -9.61. The van der Waals surface area contributed by atoms with Crippen LogP contribution < -0.4 is 0 Å². The van der Waals surface area contributed by atoms with Gasteiger partial charge in [-0.25, -0.2) is 0 Å². The minimum Gasteiger partial charge on any atom is -0.413 e. The van der Waals surface area contributed by atoms with E-state index in [9.17, 15) is 39.5 Å². The van der Waals surface area contributed by atoms with Crippen LogP contribution in [-0.2, 0) is 4.43 Å². The Labute approximate surface area is 140 Å². The first-order valence-corrected chi connectivity index (χ1v) is 10.6. The second kappa shape index (κ2) is 6.91. The third kappa shape index (κ3) is 4.82. The number of nitrogens with zero attached hydrogens (tertiary/aromatic N) is 1. The molecular formula is C13H20F9NOSi. The van der Waals surface area contributed by atoms with Gasteiger partial charge in [-0.05, 0) is 39.2 Å². The zero-order valence-corrected chi connectivity index (χ0v) is 14.9. The summed E-state index contributed by atoms with van der Waals surface area (Å²) in [5.41, 5.74) is 0. The molecule has 12 heteroatoms. The van der Waals surface area contributed by atoms with E-state index in [2.05, 4.69) is 0 Å². The fourth-order valence-electron chi connectivity index (χ4n) is 2.69. The van der Waals surface area contributed by atoms with Crippen molar-refractivity contribution >= 4 is 8.32 Å². The lowest BCUT2D eigenvalue weighted by Crippen LogP contribution is -2.62. The van der Waals surface area contributed by atoms with Crippen LogP contribution in [0.25, 0.3) is 0 Å². The third-order valence-corrected chi connectivity index (χ3v) is 6.54. The molecule has 0 amide bonds. The summed E-state index contributed by atoms with van der Waals surface area (Å²) in [5.74, 6) is -19.0. The molecule has 1 saturated heterocycles. The second-order valence-electron chi connectivity index (χ2n) is 6.92. The Morgan fingerprint density at radius 2 is 1.48 bits per heavy atom. The fraction of sp³-hybridized carbons (Fsp3) is 1.00. The van der Waals surface area contributed by atoms with Crippen molar-refractivity contribution in [3.63, 3.8) is 0 Å². The fourth-order valence-corrected chi connectivity index (χ4v) is 4.88. The van der Waals surface area contributed by atoms with Gasteiger partial charge in [-0.1, -0.05) is 0 Å². The van der Waals surface area contributed by atoms with Crippen LogP contribution in [0.15, 0.2) is 0 Å². The molecule has 0 aromatic heterocycles. The molecule has 1 rings (SSSR count). The highest BCUT2D eigenvalue weighted by atomic mass is 28.4. The highest BCUT2D eigenvalue weighted by Gasteiger charge is 2.81. The van der Waals surface area contributed by atoms with E-state index in [0.29, 0.717) is 19.0 Å². The monoisotopic (exact) mass is 405 g/mol. The van der Waals surface area contributed by atoms with E-state index in [0.717, 1.165) is 0 Å². The van der Waals surface area contributed by atoms with Gasteiger partial charge < -0.3 is 9.33 Å². The molecule has 0 bridgehead atoms. The van der Waals surface area contributed by atoms with Crippen LogP contribution >= 0.6 is 0 Å². The van der Waals surface area contributed by atoms with E-state index in [1.165, 1.54) is 11.9 Å². The Morgan fingerprint density at radius 3 is 1.96 bits per heavy atom. The van der Waals surface area contributed by atoms with Gasteiger partial charge in [-0.2, -0.15) is 39.5 Å². The van der Waals surface area contributed by atoms with Gasteiger partial charge in [0.05, 0.1) is 6.10 Å². The zero-order valence-electron chi connectivity index (χ0n) is 13.9. The van der Waals surface area contributed by atoms with Crippen molar-refractivity contribution in [1.29, 1.82) is 0 Å². The highest BCUT2D eigenvalue weighted by Crippen LogP contribution is 2.54. The van der Waals surface area contributed by atoms with Crippen molar-refractivity contribution in [3.8, 4) is 0 Å². The molecule has 0 spiro atoms. The highest BCUT2D eigenvalue weighted by molar-refractivity contribution is 6.71. The van der Waals surface area contributed by atoms with E-state index in [1.807, 2.05) is 0 Å². The second-order valence-corrected chi connectivity index (χ2v) is 11.2. The van der Waals surface area contributed by atoms with Crippen LogP contribution in [0.4, 0.5) is 39.5 Å². The molecule has 0 aromatic carbocycles. The van der Waals surface area contributed by atoms with E-state index >= 15 is 0 Å². The molecule has 1 atom stereocenters. The van der Waals surface area contributed by atoms with Crippen LogP contribution in [0, 0.1) is 0 Å². The molecule has 0 radical (unpaired) electrons. The largest absolute Gasteiger partial charge is 0.460 e. The maximum atomic E-state index is 13.8. The van der Waals surface area contributed by atoms with Crippen molar-refractivity contribution in [1.82, 2.24) is 4.90 Å². The Balaban J connectivity index is 3.07. The molecule has 150 valence electrons. The number of likely N-dealkylation sites (N-methyl/N-ethyl adjacent to an activating group) is 1. The summed E-state index contributed by atoms with van der Waals surface area (Å²) in [4.78, 5) is 1.49. The predicted octanol–water partition coefficient (Wildman–Crippen LogP) is 4.77. The predicted molar refractivity (Wildman–Crippen MR) is 74.8 cm³/mol. The van der Waals surface area contributed by atoms with Crippen LogP contribution in [0.5, 0.6) is 0 Å². The molecule has 0 aliphatic carbocycles. The van der Waals surface area contributed by atoms with Gasteiger partial charge in [-0.15, -0.1) is 0 Å². The van der Waals surface area contributed by atoms with E-state index < -0.39 is 44.8 Å². The van der Waals surface area contributed by atoms with Crippen LogP contribution in [0.3, 0.4) is 0 Å². The minimum absolute atomic E-state index is 0.264. The smallest absolute Gasteiger partial charge is 0.413 e. The molecule has 1 aliphatic rings. The van der Waals surface area contributed by atoms with Gasteiger partial charge >= 0.3 is 23.9 Å². The molecule has 1 unspecified atom stereocenters. The van der Waals surface area contributed by atoms with Crippen LogP contribution in [-0.4, -0.2) is 63.4 Å². The molecule has 25 heavy (non-hydrogen) atoms. The first-order valence-electron chi connectivity index (χ1n) is 7.49. The van der Waals surface area contributed by atoms with Crippen molar-refractivity contribution < 1.29 is 43.9 Å². The number of hydrogen-bond donors (Lipinski definition) is 0. The summed E-state index contributed by atoms with van der Waals surface area (Å²) in [5, 5.41) is 0. The van der Waals surface area contributed by atoms with Gasteiger partial charge in [0.1, 0.15) is 0 Å². The lowest BCUT2D eigenvalue weighted by molar-refractivity contribution is -0.398. The van der Waals surface area contributed by atoms with Crippen molar-refractivity contribution in [2.24, 2.45) is 0 Å². The molecule has 0 saturated carbocycles. The first kappa shape index (κ1) is 22.5. The maximum Gasteiger partial charge on any atom is 0.460 e. The lowest BCUT2D eigenvalue weighted by Gasteiger charge is -2.39. The summed E-state index contributed by atoms with van der Waals surface area (Å²) in [6, 6.07) is 0.522. The SMILES string of the molecule is CN1CCC[Si](C)(C)OC(CC(F)(F)C(F)(F)C(F)(F)C(F)(F)F)C1. The molecule has 1 fully saturated rings. The standard InChI is InChI=1S/C13H20F9NOSi/c1-23-5-4-6-25(2,3)24-9(8-23)7-10(14,15)11(16,17)12(18,19)13(20,21)22/h9H,4-8H2,1-3H3. The molecule has 1 heterocycles. The summed E-state index contributed by atoms with van der Waals surface area (Å²) in [7, 11) is -1.02. The molecular weight excluding hydrogens is 385 g/mol. The average molecular weight is 405 g/mol. The van der Waals surface area contributed by atoms with E-state index in [4.69, 9.17) is 4.43 Å². The van der Waals surface area contributed by atoms with Gasteiger partial charge in [0.25, 0.3) is 0 Å². The molecule has 0 aromatic rings. The number of rotatable bonds is 4. The van der Waals surface area contributed by atoms with Gasteiger partial charge in [0.15, 0.2) is 8.32 Å². The normalized spacial score (nSPS) is 24.7. The maximum absolute atomic E-state index is 13.8. The van der Waals surface area contributed by atoms with Crippen LogP contribution in [0.2, 0.25) is 19.1 Å². The minimum atomic E-state index is -6.86. The summed E-state index contributed by atoms with van der Waals surface area (Å²) in [6.45, 7) is 3.48. The Morgan fingerprint density at radius 1 is 0.960 bits per heavy atom. The number of hydrogen-bond acceptors (Lipinski definition) is 2. The summed E-state index contributed by atoms with van der Waals surface area (Å²) < 4.78 is 122. The Hall–Kier alpha value is -0.493. The molecule has 0 N–H and O–H groups in total. The molecule has 2 nitrogen and oxygen atoms in total. The van der Waals surface area contributed by atoms with Crippen molar-refractivity contribution in [2.75, 3.05) is 20.1 Å². The van der Waals surface area contributed by atoms with Gasteiger partial charge in [0.2, 0.25) is 0 Å². The van der Waals surface area contributed by atoms with E-state index in [-0.39, 0.29) is 6.54 Å². The Bertz CT molecular complexity index is 467. The lowest BCUT2D eigenvalue weighted by atomic mass is 9.98. The summed E-state index contributed by atoms with van der Waals surface area (Å²) >= 11 is 0. The third-order valence-electron chi connectivity index (χ3n) is 4.01. The van der Waals surface area contributed by atoms with Crippen molar-refractivity contribution in [2.45, 2.75) is 62.0 Å². The zero-order chi connectivity index (χ0) is 19.9. The quantitative estimate of drug-likeness (QED) is 0.494. The number of halogens is 9. The Kier molecular flexibility index (Phi) is 6.23. The van der Waals surface area contributed by atoms with Crippen LogP contribution in [0.1, 0.15) is 12.8 Å². The van der Waals surface area contributed by atoms with Crippen molar-refractivity contribution in [3.05, 3.63) is 0 Å². The van der Waals surface area contributed by atoms with Gasteiger partial charge in [-0.3, -0.25) is 0 Å². The van der Waals surface area contributed by atoms with E-state index in [1.54, 1.807) is 13.1 Å². The first-order chi connectivity index (χ1) is 10.9. The van der Waals surface area contributed by atoms with Gasteiger partial charge in [0, 0.05) is 13.0 Å². The number of alkyl halides is 9. The molecule has 1 aliphatic heterocycles. The average Bonchev–Trinajstić information content (AvgIpc) is 2.33.